The largest absolute Gasteiger partial charge is 0.490 e. The first-order valence-corrected chi connectivity index (χ1v) is 7.06. The van der Waals surface area contributed by atoms with Crippen LogP contribution < -0.4 is 14.8 Å². The number of para-hydroxylation sites is 1. The van der Waals surface area contributed by atoms with E-state index in [4.69, 9.17) is 9.47 Å². The number of ether oxygens (including phenoxy) is 2. The zero-order chi connectivity index (χ0) is 14.7. The van der Waals surface area contributed by atoms with Gasteiger partial charge in [0.05, 0.1) is 0 Å². The van der Waals surface area contributed by atoms with Crippen LogP contribution >= 0.6 is 0 Å². The lowest BCUT2D eigenvalue weighted by molar-refractivity contribution is 0.148. The summed E-state index contributed by atoms with van der Waals surface area (Å²) in [6.07, 6.45) is 0.813. The van der Waals surface area contributed by atoms with E-state index < -0.39 is 0 Å². The lowest BCUT2D eigenvalue weighted by atomic mass is 10.1. The standard InChI is InChI=1S/C17H18FNO2/c1-19-10-12-6-14(18)9-15(7-12)20-11-16-8-13-4-2-3-5-17(13)21-16/h2-7,9,16,19H,8,10-11H2,1H3. The van der Waals surface area contributed by atoms with Gasteiger partial charge in [-0.15, -0.1) is 0 Å². The van der Waals surface area contributed by atoms with Crippen LogP contribution in [0.5, 0.6) is 11.5 Å². The van der Waals surface area contributed by atoms with Gasteiger partial charge >= 0.3 is 0 Å². The molecule has 0 saturated heterocycles. The van der Waals surface area contributed by atoms with Gasteiger partial charge in [0.25, 0.3) is 0 Å². The van der Waals surface area contributed by atoms with E-state index in [1.165, 1.54) is 17.7 Å². The van der Waals surface area contributed by atoms with Crippen molar-refractivity contribution in [1.82, 2.24) is 5.32 Å². The van der Waals surface area contributed by atoms with E-state index in [9.17, 15) is 4.39 Å². The van der Waals surface area contributed by atoms with Crippen LogP contribution in [-0.2, 0) is 13.0 Å². The molecule has 0 amide bonds. The zero-order valence-corrected chi connectivity index (χ0v) is 11.9. The molecule has 1 heterocycles. The Bertz CT molecular complexity index is 605. The van der Waals surface area contributed by atoms with Gasteiger partial charge in [-0.05, 0) is 36.4 Å². The first-order chi connectivity index (χ1) is 10.2. The van der Waals surface area contributed by atoms with Crippen molar-refractivity contribution in [3.05, 3.63) is 59.4 Å². The minimum atomic E-state index is -0.284. The lowest BCUT2D eigenvalue weighted by Crippen LogP contribution is -2.22. The van der Waals surface area contributed by atoms with Gasteiger partial charge in [-0.25, -0.2) is 4.39 Å². The van der Waals surface area contributed by atoms with Crippen molar-refractivity contribution in [2.45, 2.75) is 19.1 Å². The Balaban J connectivity index is 1.61. The third-order valence-electron chi connectivity index (χ3n) is 3.46. The molecule has 21 heavy (non-hydrogen) atoms. The Morgan fingerprint density at radius 3 is 2.95 bits per heavy atom. The third kappa shape index (κ3) is 3.34. The number of hydrogen-bond donors (Lipinski definition) is 1. The minimum Gasteiger partial charge on any atom is -0.490 e. The summed E-state index contributed by atoms with van der Waals surface area (Å²) in [5.41, 5.74) is 2.06. The summed E-state index contributed by atoms with van der Waals surface area (Å²) in [6, 6.07) is 12.7. The van der Waals surface area contributed by atoms with Crippen LogP contribution in [0.15, 0.2) is 42.5 Å². The van der Waals surface area contributed by atoms with Crippen molar-refractivity contribution in [3.63, 3.8) is 0 Å². The van der Waals surface area contributed by atoms with E-state index in [0.717, 1.165) is 17.7 Å². The normalized spacial score (nSPS) is 16.4. The predicted molar refractivity (Wildman–Crippen MR) is 79.2 cm³/mol. The maximum atomic E-state index is 13.5. The van der Waals surface area contributed by atoms with Gasteiger partial charge in [-0.2, -0.15) is 0 Å². The molecule has 0 saturated carbocycles. The average Bonchev–Trinajstić information content (AvgIpc) is 2.88. The van der Waals surface area contributed by atoms with Crippen molar-refractivity contribution in [2.24, 2.45) is 0 Å². The Morgan fingerprint density at radius 2 is 2.14 bits per heavy atom. The van der Waals surface area contributed by atoms with Crippen molar-refractivity contribution < 1.29 is 13.9 Å². The molecule has 1 N–H and O–H groups in total. The molecule has 1 aliphatic rings. The predicted octanol–water partition coefficient (Wildman–Crippen LogP) is 2.93. The molecule has 4 heteroatoms. The van der Waals surface area contributed by atoms with Crippen molar-refractivity contribution in [2.75, 3.05) is 13.7 Å². The molecule has 0 aliphatic carbocycles. The van der Waals surface area contributed by atoms with E-state index in [2.05, 4.69) is 11.4 Å². The molecule has 0 spiro atoms. The summed E-state index contributed by atoms with van der Waals surface area (Å²) >= 11 is 0. The van der Waals surface area contributed by atoms with Crippen LogP contribution in [0.1, 0.15) is 11.1 Å². The highest BCUT2D eigenvalue weighted by molar-refractivity contribution is 5.37. The molecule has 1 unspecified atom stereocenters. The molecule has 0 radical (unpaired) electrons. The average molecular weight is 287 g/mol. The second kappa shape index (κ2) is 6.14. The van der Waals surface area contributed by atoms with Crippen LogP contribution in [0, 0.1) is 5.82 Å². The number of halogens is 1. The quantitative estimate of drug-likeness (QED) is 0.917. The number of fused-ring (bicyclic) bond motifs is 1. The molecule has 1 aliphatic heterocycles. The summed E-state index contributed by atoms with van der Waals surface area (Å²) in [5, 5.41) is 3.00. The van der Waals surface area contributed by atoms with Gasteiger partial charge in [-0.3, -0.25) is 0 Å². The Labute approximate surface area is 123 Å². The van der Waals surface area contributed by atoms with E-state index in [1.54, 1.807) is 0 Å². The Morgan fingerprint density at radius 1 is 1.29 bits per heavy atom. The van der Waals surface area contributed by atoms with E-state index in [0.29, 0.717) is 18.9 Å². The van der Waals surface area contributed by atoms with E-state index in [-0.39, 0.29) is 11.9 Å². The minimum absolute atomic E-state index is 0.0154. The molecular formula is C17H18FNO2. The molecule has 3 rings (SSSR count). The SMILES string of the molecule is CNCc1cc(F)cc(OCC2Cc3ccccc3O2)c1. The highest BCUT2D eigenvalue weighted by Crippen LogP contribution is 2.28. The summed E-state index contributed by atoms with van der Waals surface area (Å²) in [5.74, 6) is 1.18. The summed E-state index contributed by atoms with van der Waals surface area (Å²) in [4.78, 5) is 0. The number of benzene rings is 2. The number of nitrogens with one attached hydrogen (secondary N) is 1. The number of hydrogen-bond acceptors (Lipinski definition) is 3. The van der Waals surface area contributed by atoms with Gasteiger partial charge in [0.15, 0.2) is 0 Å². The summed E-state index contributed by atoms with van der Waals surface area (Å²) in [6.45, 7) is 1.02. The third-order valence-corrected chi connectivity index (χ3v) is 3.46. The van der Waals surface area contributed by atoms with Gasteiger partial charge in [-0.1, -0.05) is 18.2 Å². The van der Waals surface area contributed by atoms with Crippen LogP contribution in [0.25, 0.3) is 0 Å². The summed E-state index contributed by atoms with van der Waals surface area (Å²) < 4.78 is 25.0. The van der Waals surface area contributed by atoms with Gasteiger partial charge in [0.2, 0.25) is 0 Å². The molecule has 2 aromatic rings. The lowest BCUT2D eigenvalue weighted by Gasteiger charge is -2.13. The van der Waals surface area contributed by atoms with Crippen molar-refractivity contribution >= 4 is 0 Å². The van der Waals surface area contributed by atoms with E-state index in [1.807, 2.05) is 31.3 Å². The molecule has 0 fully saturated rings. The fourth-order valence-electron chi connectivity index (χ4n) is 2.55. The van der Waals surface area contributed by atoms with Gasteiger partial charge in [0, 0.05) is 19.0 Å². The first kappa shape index (κ1) is 13.9. The molecule has 110 valence electrons. The molecule has 3 nitrogen and oxygen atoms in total. The molecule has 1 atom stereocenters. The van der Waals surface area contributed by atoms with Crippen LogP contribution in [0.3, 0.4) is 0 Å². The topological polar surface area (TPSA) is 30.5 Å². The molecule has 0 aromatic heterocycles. The van der Waals surface area contributed by atoms with Crippen molar-refractivity contribution in [3.8, 4) is 11.5 Å². The molecule has 2 aromatic carbocycles. The highest BCUT2D eigenvalue weighted by atomic mass is 19.1. The Kier molecular flexibility index (Phi) is 4.06. The maximum Gasteiger partial charge on any atom is 0.137 e. The molecule has 0 bridgehead atoms. The highest BCUT2D eigenvalue weighted by Gasteiger charge is 2.22. The Hall–Kier alpha value is -2.07. The fourth-order valence-corrected chi connectivity index (χ4v) is 2.55. The van der Waals surface area contributed by atoms with Gasteiger partial charge in [0.1, 0.15) is 30.0 Å². The number of rotatable bonds is 5. The maximum absolute atomic E-state index is 13.5. The zero-order valence-electron chi connectivity index (χ0n) is 11.9. The van der Waals surface area contributed by atoms with Crippen LogP contribution in [0.2, 0.25) is 0 Å². The monoisotopic (exact) mass is 287 g/mol. The molecular weight excluding hydrogens is 269 g/mol. The second-order valence-corrected chi connectivity index (χ2v) is 5.19. The van der Waals surface area contributed by atoms with Crippen LogP contribution in [-0.4, -0.2) is 19.8 Å². The van der Waals surface area contributed by atoms with Crippen molar-refractivity contribution in [1.29, 1.82) is 0 Å². The van der Waals surface area contributed by atoms with Crippen LogP contribution in [0.4, 0.5) is 4.39 Å². The van der Waals surface area contributed by atoms with Gasteiger partial charge < -0.3 is 14.8 Å². The van der Waals surface area contributed by atoms with E-state index >= 15 is 0 Å². The first-order valence-electron chi connectivity index (χ1n) is 7.06. The summed E-state index contributed by atoms with van der Waals surface area (Å²) in [7, 11) is 1.83. The second-order valence-electron chi connectivity index (χ2n) is 5.19. The smallest absolute Gasteiger partial charge is 0.137 e. The fraction of sp³-hybridized carbons (Fsp3) is 0.294.